The minimum atomic E-state index is 0.160. The predicted octanol–water partition coefficient (Wildman–Crippen LogP) is 2.65. The van der Waals surface area contributed by atoms with Crippen LogP contribution in [0.1, 0.15) is 31.1 Å². The van der Waals surface area contributed by atoms with E-state index in [0.29, 0.717) is 32.2 Å². The molecule has 3 aliphatic heterocycles. The standard InChI is InChI=1S/C22H29N5O3/c1-25-16-22(7-9-26(10-8-22)21(28)27-11-13-29-14-12-27)15-18(25)19-23-20(30-24-19)17-5-3-2-4-6-17/h2-6,18H,7-16H2,1H3. The van der Waals surface area contributed by atoms with Gasteiger partial charge >= 0.3 is 6.03 Å². The van der Waals surface area contributed by atoms with Crippen LogP contribution in [0.25, 0.3) is 11.5 Å². The van der Waals surface area contributed by atoms with Crippen molar-refractivity contribution in [3.8, 4) is 11.5 Å². The van der Waals surface area contributed by atoms with E-state index in [2.05, 4.69) is 17.1 Å². The molecule has 0 N–H and O–H groups in total. The highest BCUT2D eigenvalue weighted by Crippen LogP contribution is 2.48. The molecule has 1 unspecified atom stereocenters. The number of morpholine rings is 1. The molecular formula is C22H29N5O3. The minimum absolute atomic E-state index is 0.160. The fraction of sp³-hybridized carbons (Fsp3) is 0.591. The van der Waals surface area contributed by atoms with Gasteiger partial charge in [0.25, 0.3) is 5.89 Å². The van der Waals surface area contributed by atoms with Gasteiger partial charge in [-0.3, -0.25) is 4.90 Å². The van der Waals surface area contributed by atoms with Crippen molar-refractivity contribution in [3.63, 3.8) is 0 Å². The van der Waals surface area contributed by atoms with Crippen molar-refractivity contribution in [1.82, 2.24) is 24.8 Å². The molecular weight excluding hydrogens is 382 g/mol. The second-order valence-corrected chi connectivity index (χ2v) is 8.83. The van der Waals surface area contributed by atoms with Crippen LogP contribution in [0.5, 0.6) is 0 Å². The van der Waals surface area contributed by atoms with E-state index in [-0.39, 0.29) is 17.5 Å². The van der Waals surface area contributed by atoms with Gasteiger partial charge < -0.3 is 19.1 Å². The van der Waals surface area contributed by atoms with Crippen molar-refractivity contribution in [2.75, 3.05) is 53.0 Å². The molecule has 2 amide bonds. The summed E-state index contributed by atoms with van der Waals surface area (Å²) in [5.74, 6) is 1.34. The monoisotopic (exact) mass is 411 g/mol. The van der Waals surface area contributed by atoms with Gasteiger partial charge in [-0.25, -0.2) is 4.79 Å². The third-order valence-electron chi connectivity index (χ3n) is 6.88. The van der Waals surface area contributed by atoms with Gasteiger partial charge in [-0.05, 0) is 43.9 Å². The van der Waals surface area contributed by atoms with Crippen molar-refractivity contribution in [2.45, 2.75) is 25.3 Å². The molecule has 3 fully saturated rings. The van der Waals surface area contributed by atoms with Gasteiger partial charge in [-0.2, -0.15) is 4.98 Å². The summed E-state index contributed by atoms with van der Waals surface area (Å²) in [5.41, 5.74) is 1.16. The number of amides is 2. The molecule has 2 aromatic rings. The Kier molecular flexibility index (Phi) is 5.20. The number of urea groups is 1. The zero-order valence-corrected chi connectivity index (χ0v) is 17.5. The molecule has 8 heteroatoms. The minimum Gasteiger partial charge on any atom is -0.378 e. The van der Waals surface area contributed by atoms with Crippen LogP contribution >= 0.6 is 0 Å². The summed E-state index contributed by atoms with van der Waals surface area (Å²) in [6.07, 6.45) is 3.05. The summed E-state index contributed by atoms with van der Waals surface area (Å²) < 4.78 is 10.9. The van der Waals surface area contributed by atoms with E-state index >= 15 is 0 Å². The third kappa shape index (κ3) is 3.70. The van der Waals surface area contributed by atoms with E-state index in [0.717, 1.165) is 50.3 Å². The van der Waals surface area contributed by atoms with Crippen LogP contribution in [0.4, 0.5) is 4.79 Å². The Morgan fingerprint density at radius 3 is 2.50 bits per heavy atom. The van der Waals surface area contributed by atoms with Crippen molar-refractivity contribution in [3.05, 3.63) is 36.2 Å². The number of ether oxygens (including phenoxy) is 1. The fourth-order valence-corrected chi connectivity index (χ4v) is 5.12. The molecule has 3 saturated heterocycles. The Labute approximate surface area is 176 Å². The maximum atomic E-state index is 12.8. The first kappa shape index (κ1) is 19.5. The highest BCUT2D eigenvalue weighted by molar-refractivity contribution is 5.74. The quantitative estimate of drug-likeness (QED) is 0.756. The zero-order valence-electron chi connectivity index (χ0n) is 17.5. The number of carbonyl (C=O) groups excluding carboxylic acids is 1. The summed E-state index contributed by atoms with van der Waals surface area (Å²) in [5, 5.41) is 4.30. The smallest absolute Gasteiger partial charge is 0.320 e. The Morgan fingerprint density at radius 1 is 1.07 bits per heavy atom. The molecule has 4 heterocycles. The van der Waals surface area contributed by atoms with E-state index in [1.165, 1.54) is 0 Å². The van der Waals surface area contributed by atoms with Gasteiger partial charge in [0.1, 0.15) is 0 Å². The van der Waals surface area contributed by atoms with Gasteiger partial charge in [-0.15, -0.1) is 0 Å². The third-order valence-corrected chi connectivity index (χ3v) is 6.88. The van der Waals surface area contributed by atoms with E-state index in [1.807, 2.05) is 40.1 Å². The second kappa shape index (κ2) is 8.00. The van der Waals surface area contributed by atoms with Crippen LogP contribution in [0.2, 0.25) is 0 Å². The van der Waals surface area contributed by atoms with Crippen LogP contribution in [-0.4, -0.2) is 83.9 Å². The lowest BCUT2D eigenvalue weighted by molar-refractivity contribution is 0.0355. The van der Waals surface area contributed by atoms with E-state index in [4.69, 9.17) is 14.2 Å². The zero-order chi connectivity index (χ0) is 20.6. The fourth-order valence-electron chi connectivity index (χ4n) is 5.12. The van der Waals surface area contributed by atoms with Crippen LogP contribution in [0, 0.1) is 5.41 Å². The number of rotatable bonds is 2. The van der Waals surface area contributed by atoms with Crippen molar-refractivity contribution >= 4 is 6.03 Å². The topological polar surface area (TPSA) is 74.9 Å². The molecule has 1 atom stereocenters. The first-order valence-electron chi connectivity index (χ1n) is 10.8. The molecule has 1 aromatic carbocycles. The maximum Gasteiger partial charge on any atom is 0.320 e. The predicted molar refractivity (Wildman–Crippen MR) is 111 cm³/mol. The molecule has 1 aromatic heterocycles. The number of hydrogen-bond acceptors (Lipinski definition) is 6. The lowest BCUT2D eigenvalue weighted by Crippen LogP contribution is -2.52. The SMILES string of the molecule is CN1CC2(CCN(C(=O)N3CCOCC3)CC2)CC1c1noc(-c2ccccc2)n1. The van der Waals surface area contributed by atoms with Gasteiger partial charge in [0.15, 0.2) is 5.82 Å². The second-order valence-electron chi connectivity index (χ2n) is 8.83. The van der Waals surface area contributed by atoms with E-state index in [1.54, 1.807) is 0 Å². The molecule has 3 aliphatic rings. The van der Waals surface area contributed by atoms with Crippen LogP contribution in [-0.2, 0) is 4.74 Å². The highest BCUT2D eigenvalue weighted by atomic mass is 16.5. The molecule has 0 bridgehead atoms. The van der Waals surface area contributed by atoms with E-state index < -0.39 is 0 Å². The molecule has 8 nitrogen and oxygen atoms in total. The van der Waals surface area contributed by atoms with Crippen LogP contribution in [0.15, 0.2) is 34.9 Å². The first-order chi connectivity index (χ1) is 14.6. The lowest BCUT2D eigenvalue weighted by atomic mass is 9.76. The molecule has 0 aliphatic carbocycles. The van der Waals surface area contributed by atoms with Gasteiger partial charge in [0.05, 0.1) is 19.3 Å². The summed E-state index contributed by atoms with van der Waals surface area (Å²) >= 11 is 0. The Hall–Kier alpha value is -2.45. The van der Waals surface area contributed by atoms with Crippen LogP contribution < -0.4 is 0 Å². The maximum absolute atomic E-state index is 12.8. The van der Waals surface area contributed by atoms with Gasteiger partial charge in [0.2, 0.25) is 0 Å². The number of benzene rings is 1. The Balaban J connectivity index is 1.23. The number of nitrogens with zero attached hydrogens (tertiary/aromatic N) is 5. The normalized spacial score (nSPS) is 24.5. The van der Waals surface area contributed by atoms with Gasteiger partial charge in [-0.1, -0.05) is 23.4 Å². The number of hydrogen-bond donors (Lipinski definition) is 0. The van der Waals surface area contributed by atoms with Gasteiger partial charge in [0, 0.05) is 38.3 Å². The number of aromatic nitrogens is 2. The Morgan fingerprint density at radius 2 is 1.77 bits per heavy atom. The summed E-state index contributed by atoms with van der Waals surface area (Å²) in [6, 6.07) is 10.2. The average molecular weight is 412 g/mol. The molecule has 0 saturated carbocycles. The van der Waals surface area contributed by atoms with Crippen molar-refractivity contribution in [2.24, 2.45) is 5.41 Å². The summed E-state index contributed by atoms with van der Waals surface area (Å²) in [6.45, 7) is 5.33. The molecule has 0 radical (unpaired) electrons. The van der Waals surface area contributed by atoms with E-state index in [9.17, 15) is 4.79 Å². The number of likely N-dealkylation sites (tertiary alicyclic amines) is 2. The summed E-state index contributed by atoms with van der Waals surface area (Å²) in [7, 11) is 2.14. The number of piperidine rings is 1. The lowest BCUT2D eigenvalue weighted by Gasteiger charge is -2.41. The first-order valence-corrected chi connectivity index (χ1v) is 10.8. The molecule has 30 heavy (non-hydrogen) atoms. The molecule has 160 valence electrons. The van der Waals surface area contributed by atoms with Crippen LogP contribution in [0.3, 0.4) is 0 Å². The summed E-state index contributed by atoms with van der Waals surface area (Å²) in [4.78, 5) is 23.8. The molecule has 5 rings (SSSR count). The average Bonchev–Trinajstić information content (AvgIpc) is 3.40. The van der Waals surface area contributed by atoms with Crippen molar-refractivity contribution < 1.29 is 14.1 Å². The molecule has 1 spiro atoms. The van der Waals surface area contributed by atoms with Crippen molar-refractivity contribution in [1.29, 1.82) is 0 Å². The number of carbonyl (C=O) groups is 1. The largest absolute Gasteiger partial charge is 0.378 e. The highest BCUT2D eigenvalue weighted by Gasteiger charge is 2.47. The Bertz CT molecular complexity index is 872.